The van der Waals surface area contributed by atoms with Crippen molar-refractivity contribution in [2.24, 2.45) is 5.92 Å². The van der Waals surface area contributed by atoms with Crippen LogP contribution in [0.2, 0.25) is 0 Å². The van der Waals surface area contributed by atoms with Gasteiger partial charge in [-0.15, -0.1) is 0 Å². The Hall–Kier alpha value is -5.06. The third-order valence-electron chi connectivity index (χ3n) is 10.00. The first-order valence-electron chi connectivity index (χ1n) is 17.5. The van der Waals surface area contributed by atoms with Gasteiger partial charge in [0.15, 0.2) is 0 Å². The van der Waals surface area contributed by atoms with E-state index in [0.717, 1.165) is 12.8 Å². The SMILES string of the molecule is Cc1nc2ccc(F)cc2nc1O[C@@H]1C[C@H]2C(=O)N[C@]3(C(=O)NS(=O)(=O)C4CC4)CC3/C=C\CCCCC[C@H](NC(=O)c3ccncn3)C(=O)N2C1. The Bertz CT molecular complexity index is 2050. The Kier molecular flexibility index (Phi) is 9.63. The Balaban J connectivity index is 1.19. The van der Waals surface area contributed by atoms with Crippen LogP contribution in [-0.2, 0) is 24.4 Å². The molecule has 1 unspecified atom stereocenters. The van der Waals surface area contributed by atoms with Crippen LogP contribution in [0.3, 0.4) is 0 Å². The van der Waals surface area contributed by atoms with Crippen LogP contribution in [0.5, 0.6) is 5.88 Å². The van der Waals surface area contributed by atoms with Crippen molar-refractivity contribution in [3.63, 3.8) is 0 Å². The molecular weight excluding hydrogens is 695 g/mol. The lowest BCUT2D eigenvalue weighted by Crippen LogP contribution is -2.58. The summed E-state index contributed by atoms with van der Waals surface area (Å²) in [5, 5.41) is 4.98. The number of hydrogen-bond donors (Lipinski definition) is 3. The molecule has 2 aliphatic carbocycles. The zero-order chi connectivity index (χ0) is 36.6. The number of amides is 4. The monoisotopic (exact) mass is 734 g/mol. The third kappa shape index (κ3) is 7.45. The summed E-state index contributed by atoms with van der Waals surface area (Å²) in [5.74, 6) is -3.47. The molecule has 0 spiro atoms. The number of hydrogen-bond acceptors (Lipinski definition) is 11. The van der Waals surface area contributed by atoms with Crippen molar-refractivity contribution in [3.8, 4) is 5.88 Å². The number of ether oxygens (including phenoxy) is 1. The van der Waals surface area contributed by atoms with E-state index in [2.05, 4.69) is 35.3 Å². The Morgan fingerprint density at radius 3 is 2.67 bits per heavy atom. The molecule has 1 aromatic carbocycles. The highest BCUT2D eigenvalue weighted by Crippen LogP contribution is 2.46. The molecule has 15 nitrogen and oxygen atoms in total. The van der Waals surface area contributed by atoms with E-state index in [9.17, 15) is 32.0 Å². The number of nitrogens with one attached hydrogen (secondary N) is 3. The average molecular weight is 735 g/mol. The summed E-state index contributed by atoms with van der Waals surface area (Å²) in [6.07, 6.45) is 9.73. The summed E-state index contributed by atoms with van der Waals surface area (Å²) < 4.78 is 48.0. The van der Waals surface area contributed by atoms with E-state index in [1.165, 1.54) is 41.7 Å². The molecule has 3 aromatic rings. The van der Waals surface area contributed by atoms with Gasteiger partial charge in [-0.1, -0.05) is 25.0 Å². The summed E-state index contributed by atoms with van der Waals surface area (Å²) in [6.45, 7) is 1.59. The molecule has 1 saturated heterocycles. The summed E-state index contributed by atoms with van der Waals surface area (Å²) in [7, 11) is -3.91. The highest BCUT2D eigenvalue weighted by molar-refractivity contribution is 7.91. The van der Waals surface area contributed by atoms with Gasteiger partial charge in [0.05, 0.1) is 22.8 Å². The van der Waals surface area contributed by atoms with Crippen molar-refractivity contribution in [2.45, 2.75) is 93.7 Å². The van der Waals surface area contributed by atoms with Crippen molar-refractivity contribution < 1.29 is 36.7 Å². The fourth-order valence-corrected chi connectivity index (χ4v) is 8.24. The van der Waals surface area contributed by atoms with E-state index < -0.39 is 74.4 Å². The van der Waals surface area contributed by atoms with Gasteiger partial charge in [0.1, 0.15) is 47.3 Å². The molecule has 7 rings (SSSR count). The van der Waals surface area contributed by atoms with Crippen molar-refractivity contribution in [1.82, 2.24) is 40.2 Å². The Morgan fingerprint density at radius 1 is 1.08 bits per heavy atom. The van der Waals surface area contributed by atoms with Crippen LogP contribution in [0.4, 0.5) is 4.39 Å². The predicted octanol–water partition coefficient (Wildman–Crippen LogP) is 2.02. The number of carbonyl (C=O) groups is 4. The van der Waals surface area contributed by atoms with Gasteiger partial charge in [-0.05, 0) is 63.6 Å². The molecule has 2 saturated carbocycles. The van der Waals surface area contributed by atoms with Crippen LogP contribution in [-0.4, -0.2) is 92.4 Å². The van der Waals surface area contributed by atoms with E-state index >= 15 is 0 Å². The second-order valence-corrected chi connectivity index (χ2v) is 15.8. The van der Waals surface area contributed by atoms with Crippen LogP contribution in [0.15, 0.2) is 48.9 Å². The quantitative estimate of drug-likeness (QED) is 0.300. The smallest absolute Gasteiger partial charge is 0.270 e. The molecule has 4 aliphatic rings. The summed E-state index contributed by atoms with van der Waals surface area (Å²) >= 11 is 0. The van der Waals surface area contributed by atoms with Crippen molar-refractivity contribution in [1.29, 1.82) is 0 Å². The topological polar surface area (TPSA) is 203 Å². The first-order chi connectivity index (χ1) is 24.9. The number of aromatic nitrogens is 4. The lowest BCUT2D eigenvalue weighted by Gasteiger charge is -2.29. The minimum Gasteiger partial charge on any atom is -0.471 e. The maximum atomic E-state index is 14.4. The maximum Gasteiger partial charge on any atom is 0.270 e. The van der Waals surface area contributed by atoms with Gasteiger partial charge in [0.25, 0.3) is 11.8 Å². The largest absolute Gasteiger partial charge is 0.471 e. The fourth-order valence-electron chi connectivity index (χ4n) is 6.87. The number of nitrogens with zero attached hydrogens (tertiary/aromatic N) is 5. The third-order valence-corrected chi connectivity index (χ3v) is 11.8. The minimum absolute atomic E-state index is 0.0228. The number of aryl methyl sites for hydroxylation is 1. The van der Waals surface area contributed by atoms with E-state index in [4.69, 9.17) is 4.74 Å². The van der Waals surface area contributed by atoms with Gasteiger partial charge in [0.2, 0.25) is 27.7 Å². The molecule has 4 heterocycles. The molecule has 0 bridgehead atoms. The zero-order valence-corrected chi connectivity index (χ0v) is 29.3. The van der Waals surface area contributed by atoms with Crippen LogP contribution in [0.25, 0.3) is 11.0 Å². The predicted molar refractivity (Wildman–Crippen MR) is 183 cm³/mol. The number of rotatable bonds is 7. The Morgan fingerprint density at radius 2 is 1.90 bits per heavy atom. The number of allylic oxidation sites excluding steroid dienone is 1. The lowest BCUT2D eigenvalue weighted by molar-refractivity contribution is -0.141. The van der Waals surface area contributed by atoms with Gasteiger partial charge in [-0.3, -0.25) is 23.9 Å². The van der Waals surface area contributed by atoms with Gasteiger partial charge < -0.3 is 20.3 Å². The van der Waals surface area contributed by atoms with E-state index in [1.807, 2.05) is 12.2 Å². The number of fused-ring (bicyclic) bond motifs is 3. The first kappa shape index (κ1) is 35.3. The highest BCUT2D eigenvalue weighted by Gasteiger charge is 2.62. The normalized spacial score (nSPS) is 27.3. The average Bonchev–Trinajstić information content (AvgIpc) is 4.04. The second-order valence-electron chi connectivity index (χ2n) is 13.9. The zero-order valence-electron chi connectivity index (χ0n) is 28.5. The molecule has 3 N–H and O–H groups in total. The molecule has 5 atom stereocenters. The van der Waals surface area contributed by atoms with Gasteiger partial charge in [-0.25, -0.2) is 32.7 Å². The van der Waals surface area contributed by atoms with Crippen LogP contribution < -0.4 is 20.1 Å². The highest BCUT2D eigenvalue weighted by atomic mass is 32.2. The summed E-state index contributed by atoms with van der Waals surface area (Å²) in [5.41, 5.74) is -0.334. The first-order valence-corrected chi connectivity index (χ1v) is 19.0. The molecule has 4 amide bonds. The summed E-state index contributed by atoms with van der Waals surface area (Å²) in [6, 6.07) is 3.23. The van der Waals surface area contributed by atoms with E-state index in [1.54, 1.807) is 6.92 Å². The molecule has 52 heavy (non-hydrogen) atoms. The number of halogens is 1. The molecule has 0 radical (unpaired) electrons. The number of benzene rings is 1. The fraction of sp³-hybridized carbons (Fsp3) is 0.486. The van der Waals surface area contributed by atoms with Crippen molar-refractivity contribution >= 4 is 44.7 Å². The van der Waals surface area contributed by atoms with Gasteiger partial charge >= 0.3 is 0 Å². The minimum atomic E-state index is -3.91. The molecule has 274 valence electrons. The maximum absolute atomic E-state index is 14.4. The van der Waals surface area contributed by atoms with Gasteiger partial charge in [0, 0.05) is 24.6 Å². The standard InChI is InChI=1S/C35H39FN8O7S/c1-20-32(41-28-15-22(36)9-12-25(28)39-20)51-23-16-29-31(46)42-35(34(48)43-52(49,50)24-10-11-24)17-21(35)7-5-3-2-4-6-8-27(33(47)44(29)18-23)40-30(45)26-13-14-37-19-38-26/h5,7,9,12-15,19,21,23-24,27,29H,2-4,6,8,10-11,16-18H2,1H3,(H,40,45)(H,42,46)(H,43,48)/b7-5-/t21?,23-,27+,29+,35-/m1/s1. The molecular formula is C35H39FN8O7S. The Labute approximate surface area is 299 Å². The lowest BCUT2D eigenvalue weighted by atomic mass is 10.0. The van der Waals surface area contributed by atoms with E-state index in [-0.39, 0.29) is 42.9 Å². The molecule has 2 aliphatic heterocycles. The second kappa shape index (κ2) is 14.2. The van der Waals surface area contributed by atoms with Crippen LogP contribution >= 0.6 is 0 Å². The molecule has 17 heteroatoms. The van der Waals surface area contributed by atoms with Crippen molar-refractivity contribution in [2.75, 3.05) is 6.54 Å². The van der Waals surface area contributed by atoms with Crippen LogP contribution in [0.1, 0.15) is 74.0 Å². The molecule has 2 aromatic heterocycles. The van der Waals surface area contributed by atoms with Crippen molar-refractivity contribution in [3.05, 3.63) is 66.1 Å². The summed E-state index contributed by atoms with van der Waals surface area (Å²) in [4.78, 5) is 73.7. The number of sulfonamides is 1. The van der Waals surface area contributed by atoms with Gasteiger partial charge in [-0.2, -0.15) is 0 Å². The van der Waals surface area contributed by atoms with E-state index in [0.29, 0.717) is 36.9 Å². The molecule has 3 fully saturated rings. The van der Waals surface area contributed by atoms with Crippen LogP contribution in [0, 0.1) is 18.7 Å². The number of carbonyl (C=O) groups excluding carboxylic acids is 4.